The van der Waals surface area contributed by atoms with E-state index < -0.39 is 17.2 Å². The lowest BCUT2D eigenvalue weighted by Crippen LogP contribution is -2.49. The van der Waals surface area contributed by atoms with E-state index in [1.54, 1.807) is 26.5 Å². The molecule has 47 heavy (non-hydrogen) atoms. The van der Waals surface area contributed by atoms with Gasteiger partial charge in [-0.05, 0) is 49.6 Å². The first-order chi connectivity index (χ1) is 22.6. The second-order valence-corrected chi connectivity index (χ2v) is 12.0. The number of carboxylic acid groups (broad SMARTS) is 1. The molecular weight excluding hydrogens is 609 g/mol. The molecule has 6 rings (SSSR count). The molecule has 0 unspecified atom stereocenters. The van der Waals surface area contributed by atoms with Crippen LogP contribution in [0.5, 0.6) is 17.2 Å². The van der Waals surface area contributed by atoms with Crippen molar-refractivity contribution in [2.24, 2.45) is 0 Å². The van der Waals surface area contributed by atoms with Crippen LogP contribution in [0.25, 0.3) is 10.9 Å². The molecule has 0 radical (unpaired) electrons. The van der Waals surface area contributed by atoms with Crippen LogP contribution in [0.3, 0.4) is 0 Å². The largest absolute Gasteiger partial charge is 0.493 e. The molecule has 1 aliphatic carbocycles. The van der Waals surface area contributed by atoms with Gasteiger partial charge in [0, 0.05) is 68.5 Å². The van der Waals surface area contributed by atoms with Gasteiger partial charge >= 0.3 is 5.97 Å². The molecule has 14 heteroatoms. The SMILES string of the molecule is COc1cc(Cc2cnc(N)nc2N)cc(OC)c1O[C@@H](C)CN1CCN(c2cc3c(cc2F)c(=O)c(C(=O)O)cn3C2CC2)CC1. The van der Waals surface area contributed by atoms with Gasteiger partial charge in [0.25, 0.3) is 0 Å². The first-order valence-corrected chi connectivity index (χ1v) is 15.4. The third kappa shape index (κ3) is 6.59. The summed E-state index contributed by atoms with van der Waals surface area (Å²) < 4.78 is 34.9. The maximum atomic E-state index is 15.4. The summed E-state index contributed by atoms with van der Waals surface area (Å²) in [5, 5.41) is 9.61. The van der Waals surface area contributed by atoms with E-state index in [2.05, 4.69) is 14.9 Å². The van der Waals surface area contributed by atoms with E-state index in [0.29, 0.717) is 73.4 Å². The minimum atomic E-state index is -1.31. The quantitative estimate of drug-likeness (QED) is 0.217. The molecule has 4 aromatic rings. The number of nitrogens with two attached hydrogens (primary N) is 2. The normalized spacial score (nSPS) is 15.9. The molecule has 2 fully saturated rings. The molecule has 5 N–H and O–H groups in total. The second kappa shape index (κ2) is 12.9. The van der Waals surface area contributed by atoms with Crippen molar-refractivity contribution in [1.29, 1.82) is 0 Å². The lowest BCUT2D eigenvalue weighted by atomic mass is 10.1. The average Bonchev–Trinajstić information content (AvgIpc) is 3.89. The molecule has 3 heterocycles. The van der Waals surface area contributed by atoms with Crippen LogP contribution in [-0.4, -0.2) is 83.6 Å². The predicted molar refractivity (Wildman–Crippen MR) is 175 cm³/mol. The number of ether oxygens (including phenoxy) is 3. The Kier molecular flexibility index (Phi) is 8.78. The van der Waals surface area contributed by atoms with Crippen LogP contribution in [-0.2, 0) is 6.42 Å². The number of piperazine rings is 1. The first kappa shape index (κ1) is 31.9. The standard InChI is InChI=1S/C33H38FN7O6/c1-18(47-30-27(45-2)11-19(12-28(30)46-3)10-20-15-37-33(36)38-31(20)35)16-39-6-8-40(9-7-39)26-14-25-22(13-24(26)34)29(42)23(32(43)44)17-41(25)21-4-5-21/h11-15,17-18,21H,4-10,16H2,1-3H3,(H,43,44)(H4,35,36,37,38)/t18-/m0/s1. The number of hydrogen-bond donors (Lipinski definition) is 3. The van der Waals surface area contributed by atoms with Crippen molar-refractivity contribution in [2.75, 3.05) is 63.3 Å². The zero-order chi connectivity index (χ0) is 33.4. The highest BCUT2D eigenvalue weighted by Gasteiger charge is 2.29. The number of anilines is 3. The number of rotatable bonds is 11. The molecule has 2 aromatic carbocycles. The fourth-order valence-electron chi connectivity index (χ4n) is 6.12. The van der Waals surface area contributed by atoms with Gasteiger partial charge in [-0.1, -0.05) is 0 Å². The van der Waals surface area contributed by atoms with Crippen LogP contribution < -0.4 is 36.0 Å². The lowest BCUT2D eigenvalue weighted by molar-refractivity contribution is 0.0694. The Hall–Kier alpha value is -5.11. The number of benzene rings is 2. The van der Waals surface area contributed by atoms with Crippen LogP contribution in [0.2, 0.25) is 0 Å². The Bertz CT molecular complexity index is 1860. The monoisotopic (exact) mass is 647 g/mol. The van der Waals surface area contributed by atoms with Crippen molar-refractivity contribution in [3.8, 4) is 17.2 Å². The number of nitrogen functional groups attached to an aromatic ring is 2. The number of halogens is 1. The molecule has 0 amide bonds. The van der Waals surface area contributed by atoms with E-state index >= 15 is 4.39 Å². The zero-order valence-electron chi connectivity index (χ0n) is 26.5. The summed E-state index contributed by atoms with van der Waals surface area (Å²) in [7, 11) is 3.13. The number of aromatic nitrogens is 3. The van der Waals surface area contributed by atoms with Crippen molar-refractivity contribution < 1.29 is 28.5 Å². The molecule has 1 aliphatic heterocycles. The van der Waals surface area contributed by atoms with Crippen LogP contribution in [0, 0.1) is 5.82 Å². The number of carbonyl (C=O) groups is 1. The number of carboxylic acids is 1. The molecule has 248 valence electrons. The number of nitrogens with zero attached hydrogens (tertiary/aromatic N) is 5. The van der Waals surface area contributed by atoms with Gasteiger partial charge in [0.2, 0.25) is 17.1 Å². The van der Waals surface area contributed by atoms with Crippen LogP contribution in [0.15, 0.2) is 41.5 Å². The molecule has 1 saturated heterocycles. The molecular formula is C33H38FN7O6. The van der Waals surface area contributed by atoms with Gasteiger partial charge < -0.3 is 40.3 Å². The Balaban J connectivity index is 1.13. The van der Waals surface area contributed by atoms with Crippen LogP contribution >= 0.6 is 0 Å². The predicted octanol–water partition coefficient (Wildman–Crippen LogP) is 3.33. The number of fused-ring (bicyclic) bond motifs is 1. The van der Waals surface area contributed by atoms with Gasteiger partial charge in [0.15, 0.2) is 11.5 Å². The first-order valence-electron chi connectivity index (χ1n) is 15.4. The highest BCUT2D eigenvalue weighted by molar-refractivity contribution is 5.93. The Morgan fingerprint density at radius 1 is 1.09 bits per heavy atom. The Labute approximate surface area is 270 Å². The second-order valence-electron chi connectivity index (χ2n) is 12.0. The Morgan fingerprint density at radius 2 is 1.77 bits per heavy atom. The Morgan fingerprint density at radius 3 is 2.36 bits per heavy atom. The molecule has 0 spiro atoms. The van der Waals surface area contributed by atoms with E-state index in [1.165, 1.54) is 12.3 Å². The van der Waals surface area contributed by atoms with E-state index in [4.69, 9.17) is 25.7 Å². The number of hydrogen-bond acceptors (Lipinski definition) is 11. The third-order valence-electron chi connectivity index (χ3n) is 8.65. The van der Waals surface area contributed by atoms with Gasteiger partial charge in [-0.25, -0.2) is 14.2 Å². The fourth-order valence-corrected chi connectivity index (χ4v) is 6.12. The summed E-state index contributed by atoms with van der Waals surface area (Å²) in [5.74, 6) is 0.0711. The van der Waals surface area contributed by atoms with E-state index in [1.807, 2.05) is 28.5 Å². The fraction of sp³-hybridized carbons (Fsp3) is 0.394. The summed E-state index contributed by atoms with van der Waals surface area (Å²) in [5.41, 5.74) is 13.2. The summed E-state index contributed by atoms with van der Waals surface area (Å²) >= 11 is 0. The number of methoxy groups -OCH3 is 2. The maximum absolute atomic E-state index is 15.4. The van der Waals surface area contributed by atoms with E-state index in [9.17, 15) is 14.7 Å². The average molecular weight is 648 g/mol. The van der Waals surface area contributed by atoms with Crippen LogP contribution in [0.4, 0.5) is 21.8 Å². The van der Waals surface area contributed by atoms with E-state index in [-0.39, 0.29) is 29.0 Å². The van der Waals surface area contributed by atoms with Crippen molar-refractivity contribution >= 4 is 34.3 Å². The van der Waals surface area contributed by atoms with Crippen molar-refractivity contribution in [1.82, 2.24) is 19.4 Å². The lowest BCUT2D eigenvalue weighted by Gasteiger charge is -2.37. The van der Waals surface area contributed by atoms with Gasteiger partial charge in [0.05, 0.1) is 25.4 Å². The molecule has 2 aromatic heterocycles. The van der Waals surface area contributed by atoms with Crippen molar-refractivity contribution in [2.45, 2.75) is 38.3 Å². The number of pyridine rings is 1. The van der Waals surface area contributed by atoms with Crippen molar-refractivity contribution in [3.63, 3.8) is 0 Å². The topological polar surface area (TPSA) is 171 Å². The summed E-state index contributed by atoms with van der Waals surface area (Å²) in [6, 6.07) is 6.71. The third-order valence-corrected chi connectivity index (χ3v) is 8.65. The highest BCUT2D eigenvalue weighted by atomic mass is 19.1. The van der Waals surface area contributed by atoms with Gasteiger partial charge in [-0.3, -0.25) is 9.69 Å². The van der Waals surface area contributed by atoms with E-state index in [0.717, 1.165) is 24.0 Å². The van der Waals surface area contributed by atoms with Crippen LogP contribution in [0.1, 0.15) is 47.3 Å². The van der Waals surface area contributed by atoms with Gasteiger partial charge in [-0.2, -0.15) is 4.98 Å². The smallest absolute Gasteiger partial charge is 0.341 e. The highest BCUT2D eigenvalue weighted by Crippen LogP contribution is 2.40. The summed E-state index contributed by atoms with van der Waals surface area (Å²) in [4.78, 5) is 36.8. The molecule has 13 nitrogen and oxygen atoms in total. The zero-order valence-corrected chi connectivity index (χ0v) is 26.5. The minimum absolute atomic E-state index is 0.0879. The van der Waals surface area contributed by atoms with Gasteiger partial charge in [-0.15, -0.1) is 0 Å². The molecule has 1 atom stereocenters. The minimum Gasteiger partial charge on any atom is -0.493 e. The molecule has 1 saturated carbocycles. The molecule has 2 aliphatic rings. The maximum Gasteiger partial charge on any atom is 0.341 e. The summed E-state index contributed by atoms with van der Waals surface area (Å²) in [6.07, 6.45) is 4.98. The summed E-state index contributed by atoms with van der Waals surface area (Å²) in [6.45, 7) is 5.04. The van der Waals surface area contributed by atoms with Gasteiger partial charge in [0.1, 0.15) is 23.3 Å². The molecule has 0 bridgehead atoms. The van der Waals surface area contributed by atoms with Crippen molar-refractivity contribution in [3.05, 3.63) is 69.4 Å². The number of aromatic carboxylic acids is 1.